The van der Waals surface area contributed by atoms with Crippen LogP contribution in [0.1, 0.15) is 34.0 Å². The zero-order valence-corrected chi connectivity index (χ0v) is 19.7. The fourth-order valence-electron chi connectivity index (χ4n) is 2.87. The molecule has 0 spiro atoms. The van der Waals surface area contributed by atoms with Crippen molar-refractivity contribution in [2.45, 2.75) is 20.3 Å². The Balaban J connectivity index is 1.65. The van der Waals surface area contributed by atoms with Crippen molar-refractivity contribution in [1.29, 1.82) is 0 Å². The summed E-state index contributed by atoms with van der Waals surface area (Å²) >= 11 is 3.35. The highest BCUT2D eigenvalue weighted by Crippen LogP contribution is 2.23. The molecule has 0 aliphatic rings. The highest BCUT2D eigenvalue weighted by Gasteiger charge is 2.14. The minimum absolute atomic E-state index is 0.253. The Morgan fingerprint density at radius 3 is 2.45 bits per heavy atom. The third-order valence-corrected chi connectivity index (χ3v) is 5.12. The predicted molar refractivity (Wildman–Crippen MR) is 130 cm³/mol. The standard InChI is InChI=1S/C25H22BrN3O4/c1-3-17-7-10-21(11-8-17)28-23(30)24(31)29-27-15-19-14-20(26)9-12-22(19)33-25(32)18-6-4-5-16(2)13-18/h4-15H,3H2,1-2H3,(H,28,30)(H,29,31). The lowest BCUT2D eigenvalue weighted by molar-refractivity contribution is -0.136. The van der Waals surface area contributed by atoms with E-state index >= 15 is 0 Å². The number of halogens is 1. The van der Waals surface area contributed by atoms with E-state index in [-0.39, 0.29) is 5.75 Å². The van der Waals surface area contributed by atoms with Crippen LogP contribution in [0.15, 0.2) is 76.3 Å². The van der Waals surface area contributed by atoms with Crippen LogP contribution >= 0.6 is 15.9 Å². The van der Waals surface area contributed by atoms with E-state index < -0.39 is 17.8 Å². The molecule has 0 unspecified atom stereocenters. The lowest BCUT2D eigenvalue weighted by Crippen LogP contribution is -2.32. The topological polar surface area (TPSA) is 96.9 Å². The van der Waals surface area contributed by atoms with E-state index in [0.717, 1.165) is 22.0 Å². The number of nitrogens with one attached hydrogen (secondary N) is 2. The number of nitrogens with zero attached hydrogens (tertiary/aromatic N) is 1. The molecule has 0 radical (unpaired) electrons. The first-order valence-corrected chi connectivity index (χ1v) is 11.0. The Morgan fingerprint density at radius 1 is 1.00 bits per heavy atom. The first kappa shape index (κ1) is 23.9. The summed E-state index contributed by atoms with van der Waals surface area (Å²) in [5.74, 6) is -2.05. The first-order valence-electron chi connectivity index (χ1n) is 10.2. The summed E-state index contributed by atoms with van der Waals surface area (Å²) in [7, 11) is 0. The number of carbonyl (C=O) groups excluding carboxylic acids is 3. The third-order valence-electron chi connectivity index (χ3n) is 4.62. The summed E-state index contributed by atoms with van der Waals surface area (Å²) < 4.78 is 6.22. The Hall–Kier alpha value is -3.78. The zero-order valence-electron chi connectivity index (χ0n) is 18.1. The summed E-state index contributed by atoms with van der Waals surface area (Å²) in [5, 5.41) is 6.34. The van der Waals surface area contributed by atoms with Gasteiger partial charge in [0.25, 0.3) is 0 Å². The molecule has 33 heavy (non-hydrogen) atoms. The van der Waals surface area contributed by atoms with Crippen LogP contribution in [0.4, 0.5) is 5.69 Å². The van der Waals surface area contributed by atoms with Gasteiger partial charge in [0.15, 0.2) is 0 Å². The number of hydrogen-bond donors (Lipinski definition) is 2. The monoisotopic (exact) mass is 507 g/mol. The Bertz CT molecular complexity index is 1210. The quantitative estimate of drug-likeness (QED) is 0.167. The van der Waals surface area contributed by atoms with Gasteiger partial charge in [-0.25, -0.2) is 10.2 Å². The lowest BCUT2D eigenvalue weighted by atomic mass is 10.1. The van der Waals surface area contributed by atoms with Gasteiger partial charge in [-0.05, 0) is 61.4 Å². The van der Waals surface area contributed by atoms with Crippen molar-refractivity contribution in [1.82, 2.24) is 5.43 Å². The summed E-state index contributed by atoms with van der Waals surface area (Å²) in [6, 6.07) is 19.2. The number of rotatable bonds is 6. The molecule has 3 rings (SSSR count). The van der Waals surface area contributed by atoms with Gasteiger partial charge in [0.1, 0.15) is 5.75 Å². The van der Waals surface area contributed by atoms with E-state index in [1.807, 2.05) is 32.0 Å². The number of hydrogen-bond acceptors (Lipinski definition) is 5. The average Bonchev–Trinajstić information content (AvgIpc) is 2.81. The number of benzene rings is 3. The summed E-state index contributed by atoms with van der Waals surface area (Å²) in [6.45, 7) is 3.91. The Morgan fingerprint density at radius 2 is 1.76 bits per heavy atom. The number of aryl methyl sites for hydroxylation is 2. The van der Waals surface area contributed by atoms with Crippen molar-refractivity contribution in [3.8, 4) is 5.75 Å². The number of carbonyl (C=O) groups is 3. The predicted octanol–water partition coefficient (Wildman–Crippen LogP) is 4.63. The van der Waals surface area contributed by atoms with Crippen molar-refractivity contribution < 1.29 is 19.1 Å². The van der Waals surface area contributed by atoms with Crippen LogP contribution < -0.4 is 15.5 Å². The molecule has 0 fully saturated rings. The van der Waals surface area contributed by atoms with Crippen molar-refractivity contribution in [3.63, 3.8) is 0 Å². The van der Waals surface area contributed by atoms with Crippen LogP contribution in [0.25, 0.3) is 0 Å². The molecule has 0 bridgehead atoms. The highest BCUT2D eigenvalue weighted by atomic mass is 79.9. The number of amides is 2. The van der Waals surface area contributed by atoms with Crippen LogP contribution in [0.5, 0.6) is 5.75 Å². The second kappa shape index (κ2) is 11.2. The van der Waals surface area contributed by atoms with Gasteiger partial charge in [-0.1, -0.05) is 52.7 Å². The van der Waals surface area contributed by atoms with Crippen molar-refractivity contribution in [2.24, 2.45) is 5.10 Å². The summed E-state index contributed by atoms with van der Waals surface area (Å²) in [4.78, 5) is 36.6. The van der Waals surface area contributed by atoms with Crippen LogP contribution in [0, 0.1) is 6.92 Å². The lowest BCUT2D eigenvalue weighted by Gasteiger charge is -2.08. The molecule has 0 aromatic heterocycles. The average molecular weight is 508 g/mol. The maximum Gasteiger partial charge on any atom is 0.343 e. The van der Waals surface area contributed by atoms with E-state index in [9.17, 15) is 14.4 Å². The molecule has 168 valence electrons. The number of hydrazone groups is 1. The maximum atomic E-state index is 12.5. The minimum Gasteiger partial charge on any atom is -0.422 e. The van der Waals surface area contributed by atoms with Gasteiger partial charge in [0, 0.05) is 15.7 Å². The number of anilines is 1. The van der Waals surface area contributed by atoms with E-state index in [4.69, 9.17) is 4.74 Å². The molecule has 0 heterocycles. The normalized spacial score (nSPS) is 10.6. The van der Waals surface area contributed by atoms with E-state index in [1.54, 1.807) is 48.5 Å². The number of ether oxygens (including phenoxy) is 1. The maximum absolute atomic E-state index is 12.5. The van der Waals surface area contributed by atoms with Gasteiger partial charge >= 0.3 is 17.8 Å². The first-order chi connectivity index (χ1) is 15.9. The molecule has 0 aliphatic heterocycles. The summed E-state index contributed by atoms with van der Waals surface area (Å²) in [5.41, 5.74) is 5.58. The molecule has 2 N–H and O–H groups in total. The fourth-order valence-corrected chi connectivity index (χ4v) is 3.25. The minimum atomic E-state index is -0.931. The van der Waals surface area contributed by atoms with Gasteiger partial charge in [-0.15, -0.1) is 0 Å². The second-order valence-electron chi connectivity index (χ2n) is 7.14. The van der Waals surface area contributed by atoms with Gasteiger partial charge < -0.3 is 10.1 Å². The van der Waals surface area contributed by atoms with Crippen LogP contribution in [0.2, 0.25) is 0 Å². The molecule has 3 aromatic carbocycles. The molecule has 0 saturated heterocycles. The number of esters is 1. The van der Waals surface area contributed by atoms with Crippen molar-refractivity contribution in [2.75, 3.05) is 5.32 Å². The SMILES string of the molecule is CCc1ccc(NC(=O)C(=O)NN=Cc2cc(Br)ccc2OC(=O)c2cccc(C)c2)cc1. The molecule has 0 saturated carbocycles. The molecule has 0 atom stereocenters. The molecular weight excluding hydrogens is 486 g/mol. The van der Waals surface area contributed by atoms with Crippen molar-refractivity contribution >= 4 is 45.6 Å². The van der Waals surface area contributed by atoms with Crippen LogP contribution in [0.3, 0.4) is 0 Å². The van der Waals surface area contributed by atoms with E-state index in [2.05, 4.69) is 31.8 Å². The third kappa shape index (κ3) is 6.85. The van der Waals surface area contributed by atoms with Gasteiger partial charge in [-0.3, -0.25) is 9.59 Å². The van der Waals surface area contributed by atoms with Crippen molar-refractivity contribution in [3.05, 3.63) is 93.5 Å². The smallest absolute Gasteiger partial charge is 0.343 e. The largest absolute Gasteiger partial charge is 0.422 e. The van der Waals surface area contributed by atoms with E-state index in [1.165, 1.54) is 6.21 Å². The van der Waals surface area contributed by atoms with Crippen LogP contribution in [-0.2, 0) is 16.0 Å². The molecule has 0 aliphatic carbocycles. The molecule has 2 amide bonds. The van der Waals surface area contributed by atoms with E-state index in [0.29, 0.717) is 16.8 Å². The highest BCUT2D eigenvalue weighted by molar-refractivity contribution is 9.10. The Kier molecular flexibility index (Phi) is 8.10. The van der Waals surface area contributed by atoms with Crippen LogP contribution in [-0.4, -0.2) is 24.0 Å². The van der Waals surface area contributed by atoms with Gasteiger partial charge in [0.05, 0.1) is 11.8 Å². The molecular formula is C25H22BrN3O4. The fraction of sp³-hybridized carbons (Fsp3) is 0.120. The Labute approximate surface area is 200 Å². The van der Waals surface area contributed by atoms with Gasteiger partial charge in [0.2, 0.25) is 0 Å². The van der Waals surface area contributed by atoms with Gasteiger partial charge in [-0.2, -0.15) is 5.10 Å². The molecule has 8 heteroatoms. The second-order valence-corrected chi connectivity index (χ2v) is 8.06. The molecule has 3 aromatic rings. The molecule has 7 nitrogen and oxygen atoms in total. The zero-order chi connectivity index (χ0) is 23.8. The summed E-state index contributed by atoms with van der Waals surface area (Å²) in [6.07, 6.45) is 2.17.